The van der Waals surface area contributed by atoms with E-state index in [-0.39, 0.29) is 23.7 Å². The first kappa shape index (κ1) is 14.9. The Kier molecular flexibility index (Phi) is 4.65. The predicted octanol–water partition coefficient (Wildman–Crippen LogP) is 2.75. The van der Waals surface area contributed by atoms with Crippen LogP contribution in [-0.4, -0.2) is 18.4 Å². The summed E-state index contributed by atoms with van der Waals surface area (Å²) in [6.07, 6.45) is 1.53. The Morgan fingerprint density at radius 2 is 2.00 bits per heavy atom. The number of amides is 2. The molecular formula is C15H19ClN2O2. The number of carbonyl (C=O) groups excluding carboxylic acids is 2. The molecule has 0 heterocycles. The maximum atomic E-state index is 12.1. The first-order chi connectivity index (χ1) is 9.54. The smallest absolute Gasteiger partial charge is 0.228 e. The molecule has 0 spiro atoms. The van der Waals surface area contributed by atoms with Gasteiger partial charge in [0.15, 0.2) is 0 Å². The van der Waals surface area contributed by atoms with E-state index in [0.717, 1.165) is 12.0 Å². The molecule has 4 nitrogen and oxygen atoms in total. The summed E-state index contributed by atoms with van der Waals surface area (Å²) in [5.41, 5.74) is 1.55. The number of nitrogens with one attached hydrogen (secondary N) is 2. The highest BCUT2D eigenvalue weighted by Crippen LogP contribution is 2.39. The fourth-order valence-electron chi connectivity index (χ4n) is 2.12. The van der Waals surface area contributed by atoms with E-state index in [1.54, 1.807) is 12.1 Å². The lowest BCUT2D eigenvalue weighted by Crippen LogP contribution is -2.28. The maximum Gasteiger partial charge on any atom is 0.228 e. The van der Waals surface area contributed by atoms with Gasteiger partial charge in [-0.1, -0.05) is 24.6 Å². The van der Waals surface area contributed by atoms with Crippen molar-refractivity contribution in [3.8, 4) is 0 Å². The maximum absolute atomic E-state index is 12.1. The van der Waals surface area contributed by atoms with Crippen molar-refractivity contribution in [1.82, 2.24) is 5.32 Å². The standard InChI is InChI=1S/C15H19ClN2O2/c1-3-7-17-14(19)10-8-11(10)15(20)18-13-6-4-5-12(16)9(13)2/h4-6,10-11H,3,7-8H2,1-2H3,(H,17,19)(H,18,20). The molecule has 0 aromatic heterocycles. The number of anilines is 1. The quantitative estimate of drug-likeness (QED) is 0.877. The molecule has 5 heteroatoms. The molecule has 0 saturated heterocycles. The largest absolute Gasteiger partial charge is 0.356 e. The van der Waals surface area contributed by atoms with Gasteiger partial charge in [0, 0.05) is 17.3 Å². The van der Waals surface area contributed by atoms with Crippen LogP contribution in [0.4, 0.5) is 5.69 Å². The molecule has 2 atom stereocenters. The average molecular weight is 295 g/mol. The second kappa shape index (κ2) is 6.27. The summed E-state index contributed by atoms with van der Waals surface area (Å²) in [4.78, 5) is 23.8. The number of hydrogen-bond acceptors (Lipinski definition) is 2. The monoisotopic (exact) mass is 294 g/mol. The molecule has 2 rings (SSSR count). The van der Waals surface area contributed by atoms with Crippen LogP contribution in [0.5, 0.6) is 0 Å². The molecule has 0 radical (unpaired) electrons. The lowest BCUT2D eigenvalue weighted by atomic mass is 10.2. The van der Waals surface area contributed by atoms with Crippen LogP contribution in [0.1, 0.15) is 25.3 Å². The van der Waals surface area contributed by atoms with Crippen LogP contribution in [0.3, 0.4) is 0 Å². The average Bonchev–Trinajstić information content (AvgIpc) is 3.21. The second-order valence-electron chi connectivity index (χ2n) is 5.14. The number of rotatable bonds is 5. The Labute approximate surface area is 123 Å². The molecule has 2 amide bonds. The van der Waals surface area contributed by atoms with E-state index in [0.29, 0.717) is 23.7 Å². The van der Waals surface area contributed by atoms with E-state index in [1.807, 2.05) is 19.9 Å². The summed E-state index contributed by atoms with van der Waals surface area (Å²) < 4.78 is 0. The SMILES string of the molecule is CCCNC(=O)C1CC1C(=O)Nc1cccc(Cl)c1C. The van der Waals surface area contributed by atoms with Gasteiger partial charge >= 0.3 is 0 Å². The van der Waals surface area contributed by atoms with Crippen LogP contribution in [0.25, 0.3) is 0 Å². The summed E-state index contributed by atoms with van der Waals surface area (Å²) in [5.74, 6) is -0.520. The van der Waals surface area contributed by atoms with Crippen molar-refractivity contribution < 1.29 is 9.59 Å². The van der Waals surface area contributed by atoms with Gasteiger partial charge in [0.2, 0.25) is 11.8 Å². The van der Waals surface area contributed by atoms with Crippen LogP contribution < -0.4 is 10.6 Å². The van der Waals surface area contributed by atoms with Crippen LogP contribution >= 0.6 is 11.6 Å². The Balaban J connectivity index is 1.91. The molecular weight excluding hydrogens is 276 g/mol. The summed E-state index contributed by atoms with van der Waals surface area (Å²) in [6.45, 7) is 4.52. The van der Waals surface area contributed by atoms with Crippen molar-refractivity contribution in [2.45, 2.75) is 26.7 Å². The fourth-order valence-corrected chi connectivity index (χ4v) is 2.30. The molecule has 1 aromatic rings. The van der Waals surface area contributed by atoms with Gasteiger partial charge in [0.25, 0.3) is 0 Å². The van der Waals surface area contributed by atoms with Gasteiger partial charge in [-0.2, -0.15) is 0 Å². The normalized spacial score (nSPS) is 20.4. The molecule has 1 saturated carbocycles. The summed E-state index contributed by atoms with van der Waals surface area (Å²) >= 11 is 6.01. The van der Waals surface area contributed by atoms with Gasteiger partial charge in [-0.15, -0.1) is 0 Å². The predicted molar refractivity (Wildman–Crippen MR) is 79.7 cm³/mol. The topological polar surface area (TPSA) is 58.2 Å². The Morgan fingerprint density at radius 3 is 2.70 bits per heavy atom. The zero-order valence-electron chi connectivity index (χ0n) is 11.7. The van der Waals surface area contributed by atoms with Gasteiger partial charge in [-0.25, -0.2) is 0 Å². The molecule has 0 aliphatic heterocycles. The number of carbonyl (C=O) groups is 2. The van der Waals surface area contributed by atoms with Crippen LogP contribution in [0, 0.1) is 18.8 Å². The van der Waals surface area contributed by atoms with Gasteiger partial charge in [-0.3, -0.25) is 9.59 Å². The van der Waals surface area contributed by atoms with Crippen LogP contribution in [0.15, 0.2) is 18.2 Å². The summed E-state index contributed by atoms with van der Waals surface area (Å²) in [5, 5.41) is 6.30. The Hall–Kier alpha value is -1.55. The van der Waals surface area contributed by atoms with Gasteiger partial charge in [-0.05, 0) is 37.5 Å². The molecule has 1 fully saturated rings. The highest BCUT2D eigenvalue weighted by Gasteiger charge is 2.47. The lowest BCUT2D eigenvalue weighted by molar-refractivity contribution is -0.125. The van der Waals surface area contributed by atoms with Crippen molar-refractivity contribution in [3.63, 3.8) is 0 Å². The summed E-state index contributed by atoms with van der Waals surface area (Å²) in [7, 11) is 0. The molecule has 1 aliphatic rings. The summed E-state index contributed by atoms with van der Waals surface area (Å²) in [6, 6.07) is 5.39. The minimum absolute atomic E-state index is 0.0187. The molecule has 1 aromatic carbocycles. The zero-order chi connectivity index (χ0) is 14.7. The molecule has 108 valence electrons. The van der Waals surface area contributed by atoms with Gasteiger partial charge in [0.05, 0.1) is 11.8 Å². The molecule has 2 unspecified atom stereocenters. The Bertz CT molecular complexity index is 531. The molecule has 20 heavy (non-hydrogen) atoms. The van der Waals surface area contributed by atoms with Crippen LogP contribution in [0.2, 0.25) is 5.02 Å². The van der Waals surface area contributed by atoms with Crippen molar-refractivity contribution in [1.29, 1.82) is 0 Å². The first-order valence-corrected chi connectivity index (χ1v) is 7.26. The van der Waals surface area contributed by atoms with Gasteiger partial charge < -0.3 is 10.6 Å². The minimum atomic E-state index is -0.217. The van der Waals surface area contributed by atoms with E-state index in [1.165, 1.54) is 0 Å². The third-order valence-corrected chi connectivity index (χ3v) is 3.95. The van der Waals surface area contributed by atoms with Crippen molar-refractivity contribution in [3.05, 3.63) is 28.8 Å². The lowest BCUT2D eigenvalue weighted by Gasteiger charge is -2.09. The van der Waals surface area contributed by atoms with E-state index in [9.17, 15) is 9.59 Å². The van der Waals surface area contributed by atoms with E-state index >= 15 is 0 Å². The van der Waals surface area contributed by atoms with Crippen molar-refractivity contribution >= 4 is 29.1 Å². The second-order valence-corrected chi connectivity index (χ2v) is 5.55. The van der Waals surface area contributed by atoms with Crippen molar-refractivity contribution in [2.75, 3.05) is 11.9 Å². The first-order valence-electron chi connectivity index (χ1n) is 6.88. The van der Waals surface area contributed by atoms with E-state index in [2.05, 4.69) is 10.6 Å². The zero-order valence-corrected chi connectivity index (χ0v) is 12.5. The highest BCUT2D eigenvalue weighted by molar-refractivity contribution is 6.31. The van der Waals surface area contributed by atoms with Crippen molar-refractivity contribution in [2.24, 2.45) is 11.8 Å². The fraction of sp³-hybridized carbons (Fsp3) is 0.467. The Morgan fingerprint density at radius 1 is 1.30 bits per heavy atom. The molecule has 2 N–H and O–H groups in total. The number of halogens is 1. The van der Waals surface area contributed by atoms with Gasteiger partial charge in [0.1, 0.15) is 0 Å². The van der Waals surface area contributed by atoms with E-state index in [4.69, 9.17) is 11.6 Å². The van der Waals surface area contributed by atoms with E-state index < -0.39 is 0 Å². The number of benzene rings is 1. The highest BCUT2D eigenvalue weighted by atomic mass is 35.5. The third kappa shape index (κ3) is 3.31. The van der Waals surface area contributed by atoms with Crippen LogP contribution in [-0.2, 0) is 9.59 Å². The number of hydrogen-bond donors (Lipinski definition) is 2. The molecule has 0 bridgehead atoms. The minimum Gasteiger partial charge on any atom is -0.356 e. The third-order valence-electron chi connectivity index (χ3n) is 3.54. The molecule has 1 aliphatic carbocycles.